The highest BCUT2D eigenvalue weighted by molar-refractivity contribution is 7.21. The van der Waals surface area contributed by atoms with Gasteiger partial charge in [-0.25, -0.2) is 15.1 Å². The molecule has 146 valence electrons. The monoisotopic (exact) mass is 404 g/mol. The largest absolute Gasteiger partial charge is 0.397 e. The highest BCUT2D eigenvalue weighted by atomic mass is 32.1. The fourth-order valence-electron chi connectivity index (χ4n) is 3.16. The number of anilines is 1. The van der Waals surface area contributed by atoms with Crippen molar-refractivity contribution in [1.82, 2.24) is 20.2 Å². The summed E-state index contributed by atoms with van der Waals surface area (Å²) in [5.74, 6) is -0.355. The lowest BCUT2D eigenvalue weighted by Gasteiger charge is -2.00. The molecule has 0 spiro atoms. The van der Waals surface area contributed by atoms with Crippen LogP contribution in [-0.4, -0.2) is 26.9 Å². The van der Waals surface area contributed by atoms with Gasteiger partial charge in [0.05, 0.1) is 23.3 Å². The first-order valence-corrected chi connectivity index (χ1v) is 9.87. The maximum absolute atomic E-state index is 12.6. The van der Waals surface area contributed by atoms with E-state index in [1.165, 1.54) is 11.3 Å². The van der Waals surface area contributed by atoms with Gasteiger partial charge >= 0.3 is 0 Å². The number of nitrogens with two attached hydrogens (primary N) is 1. The van der Waals surface area contributed by atoms with E-state index in [0.717, 1.165) is 38.4 Å². The summed E-state index contributed by atoms with van der Waals surface area (Å²) in [6, 6.07) is 11.8. The zero-order valence-corrected chi connectivity index (χ0v) is 17.1. The molecule has 1 aromatic carbocycles. The van der Waals surface area contributed by atoms with Crippen molar-refractivity contribution in [2.75, 3.05) is 5.73 Å². The molecule has 29 heavy (non-hydrogen) atoms. The lowest BCUT2D eigenvalue weighted by Crippen LogP contribution is -2.17. The number of thiophene rings is 1. The number of nitrogen functional groups attached to an aromatic ring is 1. The number of para-hydroxylation sites is 1. The molecule has 3 heterocycles. The third kappa shape index (κ3) is 3.62. The summed E-state index contributed by atoms with van der Waals surface area (Å²) >= 11 is 1.27. The van der Waals surface area contributed by atoms with Crippen LogP contribution in [0.5, 0.6) is 0 Å². The van der Waals surface area contributed by atoms with Crippen LogP contribution in [0.1, 0.15) is 32.2 Å². The van der Waals surface area contributed by atoms with Crippen molar-refractivity contribution in [3.05, 3.63) is 70.0 Å². The number of hydrazone groups is 1. The number of nitrogens with one attached hydrogen (secondary N) is 1. The molecule has 3 aromatic heterocycles. The normalized spacial score (nSPS) is 11.4. The molecule has 0 saturated carbocycles. The number of aryl methyl sites for hydroxylation is 3. The number of carbonyl (C=O) groups is 1. The molecule has 8 heteroatoms. The van der Waals surface area contributed by atoms with Gasteiger partial charge in [0.2, 0.25) is 0 Å². The number of nitrogens with zero attached hydrogens (tertiary/aromatic N) is 4. The van der Waals surface area contributed by atoms with Gasteiger partial charge in [0.25, 0.3) is 5.91 Å². The van der Waals surface area contributed by atoms with E-state index in [2.05, 4.69) is 20.6 Å². The first-order valence-electron chi connectivity index (χ1n) is 9.05. The number of pyridine rings is 1. The SMILES string of the molecule is Cc1cc(C)c2c(N)c(C(=O)N/N=C/c3cn(-c4ccccc4)nc3C)sc2n1. The molecule has 3 N–H and O–H groups in total. The van der Waals surface area contributed by atoms with Gasteiger partial charge in [0.15, 0.2) is 0 Å². The first kappa shape index (κ1) is 18.8. The second-order valence-corrected chi connectivity index (χ2v) is 7.75. The summed E-state index contributed by atoms with van der Waals surface area (Å²) in [6.07, 6.45) is 3.45. The molecular weight excluding hydrogens is 384 g/mol. The fraction of sp³-hybridized carbons (Fsp3) is 0.143. The number of fused-ring (bicyclic) bond motifs is 1. The van der Waals surface area contributed by atoms with Crippen LogP contribution in [0, 0.1) is 20.8 Å². The van der Waals surface area contributed by atoms with E-state index in [4.69, 9.17) is 5.73 Å². The molecule has 0 radical (unpaired) electrons. The summed E-state index contributed by atoms with van der Waals surface area (Å²) in [6.45, 7) is 5.78. The van der Waals surface area contributed by atoms with Crippen LogP contribution in [0.3, 0.4) is 0 Å². The van der Waals surface area contributed by atoms with Crippen LogP contribution >= 0.6 is 11.3 Å². The van der Waals surface area contributed by atoms with Gasteiger partial charge in [-0.15, -0.1) is 11.3 Å². The number of benzene rings is 1. The van der Waals surface area contributed by atoms with Crippen LogP contribution in [0.15, 0.2) is 47.7 Å². The van der Waals surface area contributed by atoms with Gasteiger partial charge < -0.3 is 5.73 Å². The average molecular weight is 404 g/mol. The predicted octanol–water partition coefficient (Wildman–Crippen LogP) is 3.75. The van der Waals surface area contributed by atoms with E-state index in [9.17, 15) is 4.79 Å². The molecule has 4 rings (SSSR count). The number of aromatic nitrogens is 3. The minimum absolute atomic E-state index is 0.355. The Kier molecular flexibility index (Phi) is 4.85. The minimum atomic E-state index is -0.355. The summed E-state index contributed by atoms with van der Waals surface area (Å²) in [4.78, 5) is 18.2. The van der Waals surface area contributed by atoms with Gasteiger partial charge in [-0.05, 0) is 44.5 Å². The molecule has 0 aliphatic carbocycles. The van der Waals surface area contributed by atoms with Crippen molar-refractivity contribution in [1.29, 1.82) is 0 Å². The molecular formula is C21H20N6OS. The first-order chi connectivity index (χ1) is 13.9. The van der Waals surface area contributed by atoms with E-state index in [-0.39, 0.29) is 5.91 Å². The second-order valence-electron chi connectivity index (χ2n) is 6.75. The van der Waals surface area contributed by atoms with Crippen molar-refractivity contribution >= 4 is 39.4 Å². The fourth-order valence-corrected chi connectivity index (χ4v) is 4.27. The van der Waals surface area contributed by atoms with Crippen LogP contribution < -0.4 is 11.2 Å². The highest BCUT2D eigenvalue weighted by Crippen LogP contribution is 2.34. The zero-order chi connectivity index (χ0) is 20.5. The Balaban J connectivity index is 1.54. The molecule has 0 bridgehead atoms. The Morgan fingerprint density at radius 1 is 1.24 bits per heavy atom. The summed E-state index contributed by atoms with van der Waals surface area (Å²) < 4.78 is 1.78. The maximum Gasteiger partial charge on any atom is 0.283 e. The Bertz CT molecular complexity index is 1240. The Labute approximate surface area is 171 Å². The highest BCUT2D eigenvalue weighted by Gasteiger charge is 2.18. The molecule has 0 atom stereocenters. The zero-order valence-electron chi connectivity index (χ0n) is 16.3. The van der Waals surface area contributed by atoms with Crippen LogP contribution in [0.25, 0.3) is 15.9 Å². The molecule has 0 fully saturated rings. The Morgan fingerprint density at radius 3 is 2.76 bits per heavy atom. The van der Waals surface area contributed by atoms with Crippen molar-refractivity contribution in [2.45, 2.75) is 20.8 Å². The van der Waals surface area contributed by atoms with E-state index < -0.39 is 0 Å². The van der Waals surface area contributed by atoms with Gasteiger partial charge in [-0.2, -0.15) is 10.2 Å². The average Bonchev–Trinajstić information content (AvgIpc) is 3.22. The molecule has 4 aromatic rings. The van der Waals surface area contributed by atoms with Crippen molar-refractivity contribution in [3.63, 3.8) is 0 Å². The quantitative estimate of drug-likeness (QED) is 0.400. The van der Waals surface area contributed by atoms with Crippen molar-refractivity contribution < 1.29 is 4.79 Å². The van der Waals surface area contributed by atoms with E-state index in [0.29, 0.717) is 10.6 Å². The maximum atomic E-state index is 12.6. The van der Waals surface area contributed by atoms with Gasteiger partial charge in [0, 0.05) is 22.8 Å². The number of amides is 1. The number of hydrogen-bond donors (Lipinski definition) is 2. The Morgan fingerprint density at radius 2 is 2.00 bits per heavy atom. The molecule has 7 nitrogen and oxygen atoms in total. The van der Waals surface area contributed by atoms with Gasteiger partial charge in [-0.3, -0.25) is 4.79 Å². The van der Waals surface area contributed by atoms with Gasteiger partial charge in [-0.1, -0.05) is 18.2 Å². The van der Waals surface area contributed by atoms with E-state index >= 15 is 0 Å². The minimum Gasteiger partial charge on any atom is -0.397 e. The van der Waals surface area contributed by atoms with E-state index in [1.807, 2.05) is 63.4 Å². The van der Waals surface area contributed by atoms with Gasteiger partial charge in [0.1, 0.15) is 9.71 Å². The van der Waals surface area contributed by atoms with Crippen LogP contribution in [0.4, 0.5) is 5.69 Å². The molecule has 0 unspecified atom stereocenters. The lowest BCUT2D eigenvalue weighted by molar-refractivity contribution is 0.0960. The molecule has 0 saturated heterocycles. The molecule has 0 aliphatic heterocycles. The van der Waals surface area contributed by atoms with Crippen molar-refractivity contribution in [3.8, 4) is 5.69 Å². The van der Waals surface area contributed by atoms with E-state index in [1.54, 1.807) is 10.9 Å². The van der Waals surface area contributed by atoms with Crippen LogP contribution in [0.2, 0.25) is 0 Å². The standard InChI is InChI=1S/C21H20N6OS/c1-12-9-13(2)24-21-17(12)18(22)19(29-21)20(28)25-23-10-15-11-27(26-14(15)3)16-7-5-4-6-8-16/h4-11H,22H2,1-3H3,(H,25,28)/b23-10+. The third-order valence-electron chi connectivity index (χ3n) is 4.56. The third-order valence-corrected chi connectivity index (χ3v) is 5.66. The smallest absolute Gasteiger partial charge is 0.283 e. The Hall–Kier alpha value is -3.52. The predicted molar refractivity (Wildman–Crippen MR) is 117 cm³/mol. The topological polar surface area (TPSA) is 98.2 Å². The van der Waals surface area contributed by atoms with Crippen molar-refractivity contribution in [2.24, 2.45) is 5.10 Å². The molecule has 0 aliphatic rings. The summed E-state index contributed by atoms with van der Waals surface area (Å²) in [5, 5.41) is 9.40. The summed E-state index contributed by atoms with van der Waals surface area (Å²) in [5.41, 5.74) is 13.7. The number of carbonyl (C=O) groups excluding carboxylic acids is 1. The number of hydrogen-bond acceptors (Lipinski definition) is 6. The molecule has 1 amide bonds. The second kappa shape index (κ2) is 7.48. The summed E-state index contributed by atoms with van der Waals surface area (Å²) in [7, 11) is 0. The number of rotatable bonds is 4. The lowest BCUT2D eigenvalue weighted by atomic mass is 10.1. The van der Waals surface area contributed by atoms with Crippen LogP contribution in [-0.2, 0) is 0 Å².